The van der Waals surface area contributed by atoms with Gasteiger partial charge in [-0.3, -0.25) is 4.79 Å². The predicted octanol–water partition coefficient (Wildman–Crippen LogP) is 2.31. The zero-order valence-corrected chi connectivity index (χ0v) is 28.9. The van der Waals surface area contributed by atoms with Crippen molar-refractivity contribution in [3.8, 4) is 0 Å². The summed E-state index contributed by atoms with van der Waals surface area (Å²) in [5.74, 6) is 0.398. The predicted molar refractivity (Wildman–Crippen MR) is 168 cm³/mol. The van der Waals surface area contributed by atoms with Crippen molar-refractivity contribution in [3.05, 3.63) is 0 Å². The quantitative estimate of drug-likeness (QED) is 0.193. The van der Waals surface area contributed by atoms with Gasteiger partial charge in [0.2, 0.25) is 0 Å². The number of ether oxygens (including phenoxy) is 2. The van der Waals surface area contributed by atoms with Crippen LogP contribution < -0.4 is 0 Å². The fraction of sp³-hybridized carbons (Fsp3) is 0.972. The normalized spacial score (nSPS) is 52.6. The highest BCUT2D eigenvalue weighted by Crippen LogP contribution is 2.88. The van der Waals surface area contributed by atoms with E-state index >= 15 is 0 Å². The number of hydrogen-bond acceptors (Lipinski definition) is 10. The average Bonchev–Trinajstić information content (AvgIpc) is 3.55. The lowest BCUT2D eigenvalue weighted by Gasteiger charge is -2.63. The number of carbonyl (C=O) groups excluding carboxylic acids is 1. The van der Waals surface area contributed by atoms with E-state index in [1.165, 1.54) is 0 Å². The molecule has 46 heavy (non-hydrogen) atoms. The lowest BCUT2D eigenvalue weighted by atomic mass is 9.41. The van der Waals surface area contributed by atoms with Gasteiger partial charge in [0.1, 0.15) is 30.2 Å². The van der Waals surface area contributed by atoms with Gasteiger partial charge in [-0.15, -0.1) is 0 Å². The van der Waals surface area contributed by atoms with E-state index < -0.39 is 66.6 Å². The van der Waals surface area contributed by atoms with Crippen LogP contribution in [-0.2, 0) is 14.3 Å². The minimum atomic E-state index is -1.52. The van der Waals surface area contributed by atoms with Crippen LogP contribution in [0.25, 0.3) is 0 Å². The van der Waals surface area contributed by atoms with Crippen LogP contribution in [0.2, 0.25) is 0 Å². The minimum Gasteiger partial charge on any atom is -0.394 e. The van der Waals surface area contributed by atoms with Crippen molar-refractivity contribution in [3.63, 3.8) is 0 Å². The SMILES string of the molecule is C[C@H](CCC(O)C(C)(C)O)[C@H]1C(O)C[C@@]2(C)[C@@H]3CC(=O)[C@H]4C(C)(C)C(O[C@@H]5O[C@H](CO)[C@@H](O)[C@H](O)[C@H]5O)CC[C@@]45C[C@@]35CC[C@]12C. The zero-order valence-electron chi connectivity index (χ0n) is 28.9. The van der Waals surface area contributed by atoms with Crippen LogP contribution in [0, 0.1) is 50.7 Å². The van der Waals surface area contributed by atoms with Gasteiger partial charge in [0, 0.05) is 17.8 Å². The van der Waals surface area contributed by atoms with E-state index in [9.17, 15) is 40.5 Å². The standard InChI is InChI=1S/C36H60O10/c1-18(8-9-23(40)32(4,5)44)25-20(39)15-34(7)22-14-19(38)29-31(2,3)24(46-30-28(43)27(42)26(41)21(16-37)45-30)10-11-36(29)17-35(22,36)13-12-33(25,34)6/h18,20-30,37,39-44H,8-17H2,1-7H3/t18-,20?,21-,22+,23?,24?,25+,26-,27+,28-,29+,30+,33-,34+,35+,36-/m1/s1. The van der Waals surface area contributed by atoms with Crippen molar-refractivity contribution in [2.45, 2.75) is 161 Å². The number of aliphatic hydroxyl groups excluding tert-OH is 6. The van der Waals surface area contributed by atoms with Gasteiger partial charge in [-0.05, 0) is 105 Å². The van der Waals surface area contributed by atoms with E-state index in [-0.39, 0.29) is 51.1 Å². The van der Waals surface area contributed by atoms with E-state index in [2.05, 4.69) is 34.6 Å². The Bertz CT molecular complexity index is 1180. The number of hydrogen-bond donors (Lipinski definition) is 7. The lowest BCUT2D eigenvalue weighted by Crippen LogP contribution is -2.63. The summed E-state index contributed by atoms with van der Waals surface area (Å²) < 4.78 is 12.1. The molecular weight excluding hydrogens is 592 g/mol. The van der Waals surface area contributed by atoms with Gasteiger partial charge >= 0.3 is 0 Å². The smallest absolute Gasteiger partial charge is 0.186 e. The molecule has 6 fully saturated rings. The summed E-state index contributed by atoms with van der Waals surface area (Å²) in [5, 5.41) is 73.4. The Morgan fingerprint density at radius 3 is 2.26 bits per heavy atom. The molecule has 1 aliphatic heterocycles. The van der Waals surface area contributed by atoms with Crippen LogP contribution >= 0.6 is 0 Å². The molecule has 10 heteroatoms. The number of fused-ring (bicyclic) bond motifs is 2. The second-order valence-corrected chi connectivity index (χ2v) is 18.2. The van der Waals surface area contributed by atoms with Crippen LogP contribution in [0.4, 0.5) is 0 Å². The van der Waals surface area contributed by atoms with Gasteiger partial charge in [0.05, 0.1) is 30.5 Å². The highest BCUT2D eigenvalue weighted by molar-refractivity contribution is 5.86. The molecule has 0 bridgehead atoms. The lowest BCUT2D eigenvalue weighted by molar-refractivity contribution is -0.325. The topological polar surface area (TPSA) is 177 Å². The highest BCUT2D eigenvalue weighted by Gasteiger charge is 2.84. The van der Waals surface area contributed by atoms with Crippen molar-refractivity contribution in [2.75, 3.05) is 6.61 Å². The van der Waals surface area contributed by atoms with Crippen LogP contribution in [0.3, 0.4) is 0 Å². The number of Topliss-reactive ketones (excluding diaryl/α,β-unsaturated/α-hetero) is 1. The van der Waals surface area contributed by atoms with Crippen molar-refractivity contribution >= 4 is 5.78 Å². The Balaban J connectivity index is 1.22. The average molecular weight is 653 g/mol. The number of ketones is 1. The third-order valence-corrected chi connectivity index (χ3v) is 15.3. The minimum absolute atomic E-state index is 0.0279. The van der Waals surface area contributed by atoms with Crippen LogP contribution in [0.1, 0.15) is 106 Å². The molecule has 2 spiro atoms. The van der Waals surface area contributed by atoms with Crippen molar-refractivity contribution < 1.29 is 50.0 Å². The summed E-state index contributed by atoms with van der Waals surface area (Å²) in [4.78, 5) is 14.5. The highest BCUT2D eigenvalue weighted by atomic mass is 16.7. The van der Waals surface area contributed by atoms with Gasteiger partial charge < -0.3 is 45.2 Å². The Hall–Kier alpha value is -0.690. The summed E-state index contributed by atoms with van der Waals surface area (Å²) in [6, 6.07) is 0. The molecule has 6 aliphatic rings. The molecule has 1 heterocycles. The van der Waals surface area contributed by atoms with Gasteiger partial charge in [-0.1, -0.05) is 34.6 Å². The summed E-state index contributed by atoms with van der Waals surface area (Å²) in [6.07, 6.45) is -1.69. The molecule has 3 unspecified atom stereocenters. The Labute approximate surface area is 273 Å². The fourth-order valence-electron chi connectivity index (χ4n) is 12.7. The first-order valence-electron chi connectivity index (χ1n) is 17.8. The van der Waals surface area contributed by atoms with Gasteiger partial charge in [-0.2, -0.15) is 0 Å². The maximum atomic E-state index is 14.5. The van der Waals surface area contributed by atoms with E-state index in [1.807, 2.05) is 0 Å². The summed E-state index contributed by atoms with van der Waals surface area (Å²) in [5.41, 5.74) is -2.22. The first-order chi connectivity index (χ1) is 21.2. The molecule has 0 aromatic carbocycles. The molecule has 0 radical (unpaired) electrons. The summed E-state index contributed by atoms with van der Waals surface area (Å²) >= 11 is 0. The molecule has 0 aromatic rings. The Morgan fingerprint density at radius 2 is 1.63 bits per heavy atom. The van der Waals surface area contributed by atoms with Crippen molar-refractivity contribution in [1.82, 2.24) is 0 Å². The molecule has 16 atom stereocenters. The van der Waals surface area contributed by atoms with Crippen molar-refractivity contribution in [2.24, 2.45) is 50.7 Å². The third-order valence-electron chi connectivity index (χ3n) is 15.3. The molecule has 10 nitrogen and oxygen atoms in total. The van der Waals surface area contributed by atoms with Gasteiger partial charge in [0.25, 0.3) is 0 Å². The Kier molecular flexibility index (Phi) is 8.52. The molecule has 7 N–H and O–H groups in total. The molecule has 5 saturated carbocycles. The summed E-state index contributed by atoms with van der Waals surface area (Å²) in [7, 11) is 0. The third kappa shape index (κ3) is 4.71. The molecule has 0 amide bonds. The maximum Gasteiger partial charge on any atom is 0.186 e. The first-order valence-corrected chi connectivity index (χ1v) is 17.8. The van der Waals surface area contributed by atoms with Crippen LogP contribution in [-0.4, -0.2) is 103 Å². The molecule has 264 valence electrons. The fourth-order valence-corrected chi connectivity index (χ4v) is 12.7. The second kappa shape index (κ2) is 11.2. The van der Waals surface area contributed by atoms with E-state index in [4.69, 9.17) is 9.47 Å². The van der Waals surface area contributed by atoms with E-state index in [0.717, 1.165) is 25.7 Å². The van der Waals surface area contributed by atoms with E-state index in [0.29, 0.717) is 32.1 Å². The Morgan fingerprint density at radius 1 is 0.957 bits per heavy atom. The number of aliphatic hydroxyl groups is 7. The number of rotatable bonds is 8. The van der Waals surface area contributed by atoms with Gasteiger partial charge in [-0.25, -0.2) is 0 Å². The molecule has 5 aliphatic carbocycles. The number of carbonyl (C=O) groups is 1. The largest absolute Gasteiger partial charge is 0.394 e. The van der Waals surface area contributed by atoms with Crippen LogP contribution in [0.15, 0.2) is 0 Å². The zero-order chi connectivity index (χ0) is 34.0. The molecule has 0 aromatic heterocycles. The second-order valence-electron chi connectivity index (χ2n) is 18.2. The summed E-state index contributed by atoms with van der Waals surface area (Å²) in [6.45, 7) is 13.7. The first kappa shape index (κ1) is 35.1. The molecular formula is C36H60O10. The maximum absolute atomic E-state index is 14.5. The molecule has 1 saturated heterocycles. The monoisotopic (exact) mass is 652 g/mol. The van der Waals surface area contributed by atoms with Gasteiger partial charge in [0.15, 0.2) is 6.29 Å². The van der Waals surface area contributed by atoms with Crippen LogP contribution in [0.5, 0.6) is 0 Å². The molecule has 6 rings (SSSR count). The van der Waals surface area contributed by atoms with Crippen molar-refractivity contribution in [1.29, 1.82) is 0 Å². The van der Waals surface area contributed by atoms with E-state index in [1.54, 1.807) is 13.8 Å².